The van der Waals surface area contributed by atoms with Gasteiger partial charge in [-0.25, -0.2) is 9.18 Å². The molecule has 1 aromatic rings. The predicted molar refractivity (Wildman–Crippen MR) is 60.2 cm³/mol. The Labute approximate surface area is 97.1 Å². The van der Waals surface area contributed by atoms with E-state index in [1.807, 2.05) is 0 Å². The summed E-state index contributed by atoms with van der Waals surface area (Å²) in [5.41, 5.74) is 8.70. The highest BCUT2D eigenvalue weighted by Gasteiger charge is 2.08. The van der Waals surface area contributed by atoms with Gasteiger partial charge in [-0.3, -0.25) is 0 Å². The highest BCUT2D eigenvalue weighted by Crippen LogP contribution is 2.11. The molecule has 88 valence electrons. The summed E-state index contributed by atoms with van der Waals surface area (Å²) >= 11 is 0. The Balaban J connectivity index is 3.01. The molecule has 0 fully saturated rings. The van der Waals surface area contributed by atoms with Gasteiger partial charge in [-0.15, -0.1) is 0 Å². The predicted octanol–water partition coefficient (Wildman–Crippen LogP) is 3.04. The molecule has 0 heterocycles. The van der Waals surface area contributed by atoms with Crippen molar-refractivity contribution in [1.29, 1.82) is 0 Å². The van der Waals surface area contributed by atoms with Gasteiger partial charge in [-0.2, -0.15) is 0 Å². The molecule has 0 saturated heterocycles. The molecule has 0 unspecified atom stereocenters. The molecule has 0 atom stereocenters. The first-order valence-electron chi connectivity index (χ1n) is 4.87. The maximum Gasteiger partial charge on any atom is 0.340 e. The van der Waals surface area contributed by atoms with E-state index in [1.54, 1.807) is 6.92 Å². The fourth-order valence-electron chi connectivity index (χ4n) is 1.10. The summed E-state index contributed by atoms with van der Waals surface area (Å²) in [6.45, 7) is 1.82. The summed E-state index contributed by atoms with van der Waals surface area (Å²) in [6.07, 6.45) is 1.33. The number of nitrogens with zero attached hydrogens (tertiary/aromatic N) is 3. The first kappa shape index (κ1) is 12.7. The molecule has 0 aliphatic carbocycles. The zero-order chi connectivity index (χ0) is 12.7. The van der Waals surface area contributed by atoms with Gasteiger partial charge in [0.15, 0.2) is 0 Å². The maximum absolute atomic E-state index is 12.7. The van der Waals surface area contributed by atoms with Crippen LogP contribution in [0.1, 0.15) is 12.5 Å². The van der Waals surface area contributed by atoms with E-state index in [9.17, 15) is 9.18 Å². The molecule has 0 radical (unpaired) electrons. The van der Waals surface area contributed by atoms with E-state index in [4.69, 9.17) is 10.3 Å². The molecule has 17 heavy (non-hydrogen) atoms. The minimum atomic E-state index is -0.713. The summed E-state index contributed by atoms with van der Waals surface area (Å²) in [7, 11) is 0. The van der Waals surface area contributed by atoms with E-state index < -0.39 is 5.97 Å². The van der Waals surface area contributed by atoms with Crippen LogP contribution in [0.2, 0.25) is 0 Å². The van der Waals surface area contributed by atoms with Crippen LogP contribution in [0, 0.1) is 5.82 Å². The number of azide groups is 1. The van der Waals surface area contributed by atoms with Crippen molar-refractivity contribution < 1.29 is 13.9 Å². The van der Waals surface area contributed by atoms with Crippen LogP contribution in [-0.4, -0.2) is 12.6 Å². The summed E-state index contributed by atoms with van der Waals surface area (Å²) in [4.78, 5) is 13.9. The van der Waals surface area contributed by atoms with Crippen molar-refractivity contribution in [1.82, 2.24) is 0 Å². The summed E-state index contributed by atoms with van der Waals surface area (Å²) in [5.74, 6) is -1.10. The van der Waals surface area contributed by atoms with Crippen molar-refractivity contribution in [2.75, 3.05) is 6.61 Å². The van der Waals surface area contributed by atoms with Gasteiger partial charge in [0.05, 0.1) is 6.61 Å². The van der Waals surface area contributed by atoms with Crippen LogP contribution < -0.4 is 0 Å². The smallest absolute Gasteiger partial charge is 0.340 e. The summed E-state index contributed by atoms with van der Waals surface area (Å²) in [6, 6.07) is 5.40. The Bertz CT molecular complexity index is 476. The molecule has 0 aliphatic heterocycles. The Hall–Kier alpha value is -2.33. The standard InChI is InChI=1S/C11H10FN3O2/c1-2-17-11(16)10(14-15-13)7-8-3-5-9(12)6-4-8/h3-7H,2H2,1H3/b10-7-. The average Bonchev–Trinajstić information content (AvgIpc) is 2.31. The van der Waals surface area contributed by atoms with Gasteiger partial charge < -0.3 is 4.74 Å². The van der Waals surface area contributed by atoms with E-state index in [2.05, 4.69) is 10.0 Å². The largest absolute Gasteiger partial charge is 0.462 e. The molecule has 0 aliphatic rings. The second kappa shape index (κ2) is 6.30. The highest BCUT2D eigenvalue weighted by molar-refractivity contribution is 5.93. The van der Waals surface area contributed by atoms with Crippen molar-refractivity contribution in [2.24, 2.45) is 5.11 Å². The van der Waals surface area contributed by atoms with Gasteiger partial charge in [0.25, 0.3) is 0 Å². The van der Waals surface area contributed by atoms with Gasteiger partial charge in [0, 0.05) is 4.91 Å². The van der Waals surface area contributed by atoms with Gasteiger partial charge in [0.2, 0.25) is 0 Å². The lowest BCUT2D eigenvalue weighted by atomic mass is 10.2. The number of hydrogen-bond acceptors (Lipinski definition) is 3. The second-order valence-electron chi connectivity index (χ2n) is 2.99. The van der Waals surface area contributed by atoms with Crippen LogP contribution >= 0.6 is 0 Å². The first-order valence-corrected chi connectivity index (χ1v) is 4.87. The number of ether oxygens (including phenoxy) is 1. The fraction of sp³-hybridized carbons (Fsp3) is 0.182. The molecule has 1 rings (SSSR count). The van der Waals surface area contributed by atoms with Crippen molar-refractivity contribution in [3.63, 3.8) is 0 Å². The van der Waals surface area contributed by atoms with Crippen LogP contribution in [0.3, 0.4) is 0 Å². The number of halogens is 1. The Morgan fingerprint density at radius 1 is 1.53 bits per heavy atom. The van der Waals surface area contributed by atoms with E-state index in [0.29, 0.717) is 5.56 Å². The van der Waals surface area contributed by atoms with Gasteiger partial charge >= 0.3 is 5.97 Å². The topological polar surface area (TPSA) is 75.1 Å². The van der Waals surface area contributed by atoms with Crippen LogP contribution in [0.5, 0.6) is 0 Å². The van der Waals surface area contributed by atoms with Crippen LogP contribution in [-0.2, 0) is 9.53 Å². The second-order valence-corrected chi connectivity index (χ2v) is 2.99. The Kier molecular flexibility index (Phi) is 4.72. The summed E-state index contributed by atoms with van der Waals surface area (Å²) < 4.78 is 17.4. The highest BCUT2D eigenvalue weighted by atomic mass is 19.1. The molecule has 0 amide bonds. The Morgan fingerprint density at radius 3 is 2.71 bits per heavy atom. The van der Waals surface area contributed by atoms with Gasteiger partial charge in [0.1, 0.15) is 11.5 Å². The van der Waals surface area contributed by atoms with E-state index in [-0.39, 0.29) is 18.1 Å². The molecule has 5 nitrogen and oxygen atoms in total. The van der Waals surface area contributed by atoms with E-state index in [1.165, 1.54) is 30.3 Å². The molecule has 0 N–H and O–H groups in total. The third kappa shape index (κ3) is 3.96. The van der Waals surface area contributed by atoms with Crippen LogP contribution in [0.15, 0.2) is 35.1 Å². The summed E-state index contributed by atoms with van der Waals surface area (Å²) in [5, 5.41) is 3.23. The molecule has 0 saturated carbocycles. The molecule has 6 heteroatoms. The molecule has 0 bridgehead atoms. The quantitative estimate of drug-likeness (QED) is 0.264. The molecular weight excluding hydrogens is 225 g/mol. The maximum atomic E-state index is 12.7. The van der Waals surface area contributed by atoms with Crippen molar-refractivity contribution in [2.45, 2.75) is 6.92 Å². The first-order chi connectivity index (χ1) is 8.17. The number of benzene rings is 1. The van der Waals surface area contributed by atoms with Crippen molar-refractivity contribution in [3.8, 4) is 0 Å². The third-order valence-corrected chi connectivity index (χ3v) is 1.81. The van der Waals surface area contributed by atoms with Crippen LogP contribution in [0.25, 0.3) is 16.5 Å². The normalized spacial score (nSPS) is 10.6. The van der Waals surface area contributed by atoms with E-state index >= 15 is 0 Å². The lowest BCUT2D eigenvalue weighted by Gasteiger charge is -2.01. The third-order valence-electron chi connectivity index (χ3n) is 1.81. The van der Waals surface area contributed by atoms with Crippen LogP contribution in [0.4, 0.5) is 4.39 Å². The number of rotatable bonds is 4. The van der Waals surface area contributed by atoms with Gasteiger partial charge in [-0.1, -0.05) is 17.2 Å². The molecule has 0 aromatic heterocycles. The number of hydrogen-bond donors (Lipinski definition) is 0. The Morgan fingerprint density at radius 2 is 2.18 bits per heavy atom. The fourth-order valence-corrected chi connectivity index (χ4v) is 1.10. The minimum Gasteiger partial charge on any atom is -0.462 e. The number of esters is 1. The zero-order valence-corrected chi connectivity index (χ0v) is 9.13. The molecule has 1 aromatic carbocycles. The van der Waals surface area contributed by atoms with E-state index in [0.717, 1.165) is 0 Å². The number of carbonyl (C=O) groups excluding carboxylic acids is 1. The zero-order valence-electron chi connectivity index (χ0n) is 9.13. The minimum absolute atomic E-state index is 0.166. The lowest BCUT2D eigenvalue weighted by Crippen LogP contribution is -2.05. The SMILES string of the molecule is CCOC(=O)/C(=C/c1ccc(F)cc1)N=[N+]=[N-]. The van der Waals surface area contributed by atoms with Crippen molar-refractivity contribution >= 4 is 12.0 Å². The monoisotopic (exact) mass is 235 g/mol. The number of carbonyl (C=O) groups is 1. The van der Waals surface area contributed by atoms with Gasteiger partial charge in [-0.05, 0) is 36.2 Å². The average molecular weight is 235 g/mol. The lowest BCUT2D eigenvalue weighted by molar-refractivity contribution is -0.138. The van der Waals surface area contributed by atoms with Crippen molar-refractivity contribution in [3.05, 3.63) is 51.8 Å². The molecular formula is C11H10FN3O2. The molecule has 0 spiro atoms.